The first-order valence-electron chi connectivity index (χ1n) is 7.95. The summed E-state index contributed by atoms with van der Waals surface area (Å²) in [5.74, 6) is 0.355. The minimum Gasteiger partial charge on any atom is -0.444 e. The van der Waals surface area contributed by atoms with E-state index >= 15 is 0 Å². The number of carbonyl (C=O) groups is 1. The van der Waals surface area contributed by atoms with Crippen molar-refractivity contribution in [1.29, 1.82) is 0 Å². The standard InChI is InChI=1S/C18H18N4O4/c1-18(2,3)26-17(23)20-16-10-15-12(11-19-16)8-9-21(15)13-4-6-14(7-5-13)22(24)25/h4-11H,1-3H3,(H,19,20,23). The van der Waals surface area contributed by atoms with Gasteiger partial charge in [-0.25, -0.2) is 9.78 Å². The SMILES string of the molecule is CC(C)(C)OC(=O)Nc1cc2c(ccn2-c2ccc([N+](=O)[O-])cc2)cn1. The van der Waals surface area contributed by atoms with Crippen molar-refractivity contribution in [2.75, 3.05) is 5.32 Å². The summed E-state index contributed by atoms with van der Waals surface area (Å²) in [5, 5.41) is 14.3. The Kier molecular flexibility index (Phi) is 4.33. The molecular weight excluding hydrogens is 336 g/mol. The van der Waals surface area contributed by atoms with Crippen LogP contribution in [-0.2, 0) is 4.74 Å². The maximum atomic E-state index is 11.9. The van der Waals surface area contributed by atoms with Crippen molar-refractivity contribution in [1.82, 2.24) is 9.55 Å². The van der Waals surface area contributed by atoms with Gasteiger partial charge in [-0.15, -0.1) is 0 Å². The lowest BCUT2D eigenvalue weighted by molar-refractivity contribution is -0.384. The molecule has 26 heavy (non-hydrogen) atoms. The Balaban J connectivity index is 1.91. The summed E-state index contributed by atoms with van der Waals surface area (Å²) >= 11 is 0. The van der Waals surface area contributed by atoms with E-state index < -0.39 is 16.6 Å². The van der Waals surface area contributed by atoms with E-state index in [-0.39, 0.29) is 5.69 Å². The highest BCUT2D eigenvalue weighted by Crippen LogP contribution is 2.24. The number of anilines is 1. The van der Waals surface area contributed by atoms with Gasteiger partial charge in [-0.1, -0.05) is 0 Å². The highest BCUT2D eigenvalue weighted by Gasteiger charge is 2.17. The van der Waals surface area contributed by atoms with Crippen LogP contribution in [0.1, 0.15) is 20.8 Å². The third-order valence-electron chi connectivity index (χ3n) is 3.54. The van der Waals surface area contributed by atoms with Gasteiger partial charge >= 0.3 is 6.09 Å². The van der Waals surface area contributed by atoms with E-state index in [1.54, 1.807) is 45.2 Å². The van der Waals surface area contributed by atoms with E-state index in [1.807, 2.05) is 16.8 Å². The molecule has 3 rings (SSSR count). The van der Waals surface area contributed by atoms with Gasteiger partial charge in [-0.3, -0.25) is 15.4 Å². The van der Waals surface area contributed by atoms with Crippen molar-refractivity contribution in [3.63, 3.8) is 0 Å². The first-order chi connectivity index (χ1) is 12.2. The molecule has 8 nitrogen and oxygen atoms in total. The number of pyridine rings is 1. The molecule has 0 atom stereocenters. The molecule has 1 N–H and O–H groups in total. The molecule has 0 saturated carbocycles. The van der Waals surface area contributed by atoms with Gasteiger partial charge in [0.2, 0.25) is 0 Å². The Morgan fingerprint density at radius 2 is 1.92 bits per heavy atom. The molecule has 0 unspecified atom stereocenters. The number of nitro benzene ring substituents is 1. The molecule has 2 aromatic heterocycles. The maximum absolute atomic E-state index is 11.9. The van der Waals surface area contributed by atoms with Gasteiger partial charge in [-0.2, -0.15) is 0 Å². The molecule has 1 amide bonds. The van der Waals surface area contributed by atoms with E-state index in [4.69, 9.17) is 4.74 Å². The van der Waals surface area contributed by atoms with Crippen molar-refractivity contribution < 1.29 is 14.5 Å². The zero-order valence-corrected chi connectivity index (χ0v) is 14.6. The van der Waals surface area contributed by atoms with E-state index in [9.17, 15) is 14.9 Å². The van der Waals surface area contributed by atoms with Gasteiger partial charge in [0, 0.05) is 41.7 Å². The lowest BCUT2D eigenvalue weighted by Crippen LogP contribution is -2.27. The van der Waals surface area contributed by atoms with Gasteiger partial charge in [0.25, 0.3) is 5.69 Å². The second-order valence-electron chi connectivity index (χ2n) is 6.71. The number of amides is 1. The van der Waals surface area contributed by atoms with Crippen LogP contribution in [-0.4, -0.2) is 26.2 Å². The molecule has 0 fully saturated rings. The first kappa shape index (κ1) is 17.4. The van der Waals surface area contributed by atoms with Gasteiger partial charge in [0.05, 0.1) is 10.4 Å². The van der Waals surface area contributed by atoms with Crippen molar-refractivity contribution in [2.45, 2.75) is 26.4 Å². The average molecular weight is 354 g/mol. The second kappa shape index (κ2) is 6.47. The van der Waals surface area contributed by atoms with Crippen LogP contribution in [0.25, 0.3) is 16.6 Å². The predicted molar refractivity (Wildman–Crippen MR) is 97.6 cm³/mol. The number of rotatable bonds is 3. The highest BCUT2D eigenvalue weighted by atomic mass is 16.6. The molecular formula is C18H18N4O4. The zero-order chi connectivity index (χ0) is 18.9. The summed E-state index contributed by atoms with van der Waals surface area (Å²) in [5.41, 5.74) is 0.992. The molecule has 0 spiro atoms. The minimum absolute atomic E-state index is 0.0270. The average Bonchev–Trinajstić information content (AvgIpc) is 2.96. The number of non-ortho nitro benzene ring substituents is 1. The second-order valence-corrected chi connectivity index (χ2v) is 6.71. The lowest BCUT2D eigenvalue weighted by Gasteiger charge is -2.19. The third-order valence-corrected chi connectivity index (χ3v) is 3.54. The number of aromatic nitrogens is 2. The van der Waals surface area contributed by atoms with Crippen molar-refractivity contribution in [3.05, 3.63) is 58.9 Å². The number of nitro groups is 1. The summed E-state index contributed by atoms with van der Waals surface area (Å²) < 4.78 is 7.09. The molecule has 0 saturated heterocycles. The van der Waals surface area contributed by atoms with Crippen LogP contribution < -0.4 is 5.32 Å². The molecule has 0 aliphatic rings. The Morgan fingerprint density at radius 3 is 2.54 bits per heavy atom. The molecule has 0 aliphatic carbocycles. The summed E-state index contributed by atoms with van der Waals surface area (Å²) in [6, 6.07) is 9.82. The molecule has 0 aliphatic heterocycles. The number of ether oxygens (including phenoxy) is 1. The smallest absolute Gasteiger partial charge is 0.413 e. The monoisotopic (exact) mass is 354 g/mol. The third kappa shape index (κ3) is 3.80. The molecule has 8 heteroatoms. The van der Waals surface area contributed by atoms with Crippen molar-refractivity contribution in [3.8, 4) is 5.69 Å². The Morgan fingerprint density at radius 1 is 1.23 bits per heavy atom. The summed E-state index contributed by atoms with van der Waals surface area (Å²) in [6.07, 6.45) is 2.90. The fourth-order valence-corrected chi connectivity index (χ4v) is 2.46. The van der Waals surface area contributed by atoms with Crippen LogP contribution in [0.3, 0.4) is 0 Å². The van der Waals surface area contributed by atoms with Gasteiger partial charge < -0.3 is 9.30 Å². The normalized spacial score (nSPS) is 11.3. The zero-order valence-electron chi connectivity index (χ0n) is 14.6. The number of hydrogen-bond donors (Lipinski definition) is 1. The summed E-state index contributed by atoms with van der Waals surface area (Å²) in [4.78, 5) is 26.5. The first-order valence-corrected chi connectivity index (χ1v) is 7.95. The fourth-order valence-electron chi connectivity index (χ4n) is 2.46. The van der Waals surface area contributed by atoms with Crippen LogP contribution in [0.2, 0.25) is 0 Å². The lowest BCUT2D eigenvalue weighted by atomic mass is 10.2. The van der Waals surface area contributed by atoms with Crippen LogP contribution in [0.5, 0.6) is 0 Å². The largest absolute Gasteiger partial charge is 0.444 e. The van der Waals surface area contributed by atoms with E-state index in [0.717, 1.165) is 16.6 Å². The van der Waals surface area contributed by atoms with Crippen molar-refractivity contribution in [2.24, 2.45) is 0 Å². The number of benzene rings is 1. The summed E-state index contributed by atoms with van der Waals surface area (Å²) in [7, 11) is 0. The minimum atomic E-state index is -0.604. The molecule has 0 radical (unpaired) electrons. The Bertz CT molecular complexity index is 971. The molecule has 1 aromatic carbocycles. The molecule has 134 valence electrons. The van der Waals surface area contributed by atoms with Crippen molar-refractivity contribution >= 4 is 28.5 Å². The number of hydrogen-bond acceptors (Lipinski definition) is 5. The van der Waals surface area contributed by atoms with Crippen LogP contribution in [0.4, 0.5) is 16.3 Å². The Hall–Kier alpha value is -3.42. The van der Waals surface area contributed by atoms with Gasteiger partial charge in [0.1, 0.15) is 11.4 Å². The topological polar surface area (TPSA) is 99.3 Å². The molecule has 0 bridgehead atoms. The van der Waals surface area contributed by atoms with Gasteiger partial charge in [-0.05, 0) is 39.0 Å². The number of fused-ring (bicyclic) bond motifs is 1. The predicted octanol–water partition coefficient (Wildman–Crippen LogP) is 4.28. The van der Waals surface area contributed by atoms with Crippen LogP contribution >= 0.6 is 0 Å². The Labute approximate surface area is 149 Å². The summed E-state index contributed by atoms with van der Waals surface area (Å²) in [6.45, 7) is 5.34. The number of nitrogens with one attached hydrogen (secondary N) is 1. The number of nitrogens with zero attached hydrogens (tertiary/aromatic N) is 3. The quantitative estimate of drug-likeness (QED) is 0.559. The maximum Gasteiger partial charge on any atom is 0.413 e. The molecule has 2 heterocycles. The highest BCUT2D eigenvalue weighted by molar-refractivity contribution is 5.89. The van der Waals surface area contributed by atoms with E-state index in [1.165, 1.54) is 12.1 Å². The van der Waals surface area contributed by atoms with E-state index in [2.05, 4.69) is 10.3 Å². The van der Waals surface area contributed by atoms with Gasteiger partial charge in [0.15, 0.2) is 0 Å². The van der Waals surface area contributed by atoms with Crippen LogP contribution in [0.15, 0.2) is 48.8 Å². The number of carbonyl (C=O) groups excluding carboxylic acids is 1. The van der Waals surface area contributed by atoms with E-state index in [0.29, 0.717) is 5.82 Å². The fraction of sp³-hybridized carbons (Fsp3) is 0.222. The molecule has 3 aromatic rings. The van der Waals surface area contributed by atoms with Crippen LogP contribution in [0, 0.1) is 10.1 Å².